The minimum Gasteiger partial charge on any atom is -0.479 e. The third kappa shape index (κ3) is 3.70. The number of benzene rings is 1. The molecule has 3 aromatic heterocycles. The summed E-state index contributed by atoms with van der Waals surface area (Å²) < 4.78 is 21.7. The first-order valence-electron chi connectivity index (χ1n) is 12.1. The van der Waals surface area contributed by atoms with E-state index >= 15 is 0 Å². The molecule has 0 amide bonds. The maximum Gasteiger partial charge on any atom is 0.335 e. The monoisotopic (exact) mass is 478 g/mol. The van der Waals surface area contributed by atoms with Gasteiger partial charge in [0.25, 0.3) is 0 Å². The van der Waals surface area contributed by atoms with Crippen molar-refractivity contribution in [2.75, 3.05) is 13.2 Å². The number of aromatic amines is 1. The summed E-state index contributed by atoms with van der Waals surface area (Å²) in [6.07, 6.45) is 4.93. The molecule has 1 aliphatic carbocycles. The average molecular weight is 479 g/mol. The van der Waals surface area contributed by atoms with Gasteiger partial charge >= 0.3 is 5.97 Å². The lowest BCUT2D eigenvalue weighted by atomic mass is 9.74. The summed E-state index contributed by atoms with van der Waals surface area (Å²) in [7, 11) is 0. The molecule has 35 heavy (non-hydrogen) atoms. The van der Waals surface area contributed by atoms with Crippen molar-refractivity contribution in [1.29, 1.82) is 0 Å². The molecule has 0 radical (unpaired) electrons. The van der Waals surface area contributed by atoms with Crippen molar-refractivity contribution in [2.24, 2.45) is 0 Å². The van der Waals surface area contributed by atoms with Crippen LogP contribution in [0.2, 0.25) is 0 Å². The second kappa shape index (κ2) is 8.42. The van der Waals surface area contributed by atoms with Gasteiger partial charge in [-0.25, -0.2) is 14.2 Å². The molecular formula is C26H27FN4O4. The van der Waals surface area contributed by atoms with Crippen LogP contribution in [0, 0.1) is 5.82 Å². The Bertz CT molecular complexity index is 1400. The fraction of sp³-hybridized carbons (Fsp3) is 0.423. The van der Waals surface area contributed by atoms with Crippen LogP contribution in [0.25, 0.3) is 27.8 Å². The number of rotatable bonds is 4. The number of halogens is 1. The van der Waals surface area contributed by atoms with Gasteiger partial charge < -0.3 is 19.5 Å². The van der Waals surface area contributed by atoms with Crippen LogP contribution in [-0.2, 0) is 9.53 Å². The molecule has 0 bridgehead atoms. The Morgan fingerprint density at radius 1 is 1.11 bits per heavy atom. The van der Waals surface area contributed by atoms with Crippen LogP contribution in [0.3, 0.4) is 0 Å². The van der Waals surface area contributed by atoms with Crippen molar-refractivity contribution in [1.82, 2.24) is 19.7 Å². The lowest BCUT2D eigenvalue weighted by Gasteiger charge is -2.34. The number of pyridine rings is 1. The van der Waals surface area contributed by atoms with E-state index in [9.17, 15) is 19.4 Å². The summed E-state index contributed by atoms with van der Waals surface area (Å²) >= 11 is 0. The Morgan fingerprint density at radius 2 is 1.83 bits per heavy atom. The van der Waals surface area contributed by atoms with Gasteiger partial charge in [0.1, 0.15) is 5.82 Å². The van der Waals surface area contributed by atoms with Gasteiger partial charge in [-0.1, -0.05) is 0 Å². The predicted octanol–water partition coefficient (Wildman–Crippen LogP) is 4.41. The van der Waals surface area contributed by atoms with Crippen LogP contribution < -0.4 is 0 Å². The Labute approximate surface area is 200 Å². The number of fused-ring (bicyclic) bond motifs is 2. The van der Waals surface area contributed by atoms with Gasteiger partial charge in [-0.3, -0.25) is 5.10 Å². The van der Waals surface area contributed by atoms with E-state index in [1.807, 2.05) is 0 Å². The van der Waals surface area contributed by atoms with Crippen LogP contribution in [0.15, 0.2) is 36.5 Å². The molecule has 1 saturated carbocycles. The van der Waals surface area contributed by atoms with Gasteiger partial charge in [0.15, 0.2) is 11.2 Å². The number of aliphatic carboxylic acids is 1. The van der Waals surface area contributed by atoms with E-state index in [0.29, 0.717) is 31.7 Å². The van der Waals surface area contributed by atoms with E-state index in [1.54, 1.807) is 18.3 Å². The summed E-state index contributed by atoms with van der Waals surface area (Å²) in [5.74, 6) is -1.19. The van der Waals surface area contributed by atoms with Gasteiger partial charge in [0, 0.05) is 41.5 Å². The molecule has 0 atom stereocenters. The smallest absolute Gasteiger partial charge is 0.335 e. The van der Waals surface area contributed by atoms with Gasteiger partial charge in [-0.05, 0) is 74.8 Å². The Balaban J connectivity index is 1.60. The zero-order chi connectivity index (χ0) is 24.2. The summed E-state index contributed by atoms with van der Waals surface area (Å²) in [5.41, 5.74) is 3.85. The molecular weight excluding hydrogens is 451 g/mol. The molecule has 1 aliphatic heterocycles. The van der Waals surface area contributed by atoms with Crippen molar-refractivity contribution in [3.8, 4) is 5.69 Å². The third-order valence-electron chi connectivity index (χ3n) is 7.73. The molecule has 6 rings (SSSR count). The number of nitrogens with zero attached hydrogens (tertiary/aromatic N) is 3. The first-order valence-corrected chi connectivity index (χ1v) is 12.1. The van der Waals surface area contributed by atoms with E-state index in [2.05, 4.69) is 20.8 Å². The number of H-pyrrole nitrogens is 1. The Morgan fingerprint density at radius 3 is 2.51 bits per heavy atom. The Kier molecular flexibility index (Phi) is 5.34. The number of ether oxygens (including phenoxy) is 1. The topological polar surface area (TPSA) is 113 Å². The number of nitrogens with one attached hydrogen (secondary N) is 1. The third-order valence-corrected chi connectivity index (χ3v) is 7.73. The minimum atomic E-state index is -1.69. The standard InChI is InChI=1S/C26H27FN4O4/c27-18-1-3-19(4-2-18)31-20-13-17-14-28-30-24(17)29-22(20)21(23(31)16-7-11-35-12-8-16)15-5-9-26(34,10-6-15)25(32)33/h1-4,13-16,34H,5-12H2,(H,32,33)(H,28,29,30). The Hall–Kier alpha value is -3.30. The molecule has 2 fully saturated rings. The van der Waals surface area contributed by atoms with E-state index in [4.69, 9.17) is 9.72 Å². The number of aliphatic hydroxyl groups is 1. The van der Waals surface area contributed by atoms with E-state index in [-0.39, 0.29) is 30.5 Å². The van der Waals surface area contributed by atoms with Crippen molar-refractivity contribution in [2.45, 2.75) is 56.0 Å². The number of carboxylic acids is 1. The predicted molar refractivity (Wildman–Crippen MR) is 127 cm³/mol. The average Bonchev–Trinajstić information content (AvgIpc) is 3.46. The van der Waals surface area contributed by atoms with Crippen LogP contribution in [-0.4, -0.2) is 54.7 Å². The van der Waals surface area contributed by atoms with Gasteiger partial charge in [-0.15, -0.1) is 0 Å². The highest BCUT2D eigenvalue weighted by atomic mass is 19.1. The number of carboxylic acid groups (broad SMARTS) is 1. The normalized spacial score (nSPS) is 23.8. The second-order valence-corrected chi connectivity index (χ2v) is 9.77. The first kappa shape index (κ1) is 22.2. The number of hydrogen-bond acceptors (Lipinski definition) is 5. The zero-order valence-corrected chi connectivity index (χ0v) is 19.2. The quantitative estimate of drug-likeness (QED) is 0.401. The molecule has 4 aromatic rings. The lowest BCUT2D eigenvalue weighted by Crippen LogP contribution is -2.41. The fourth-order valence-corrected chi connectivity index (χ4v) is 5.85. The van der Waals surface area contributed by atoms with Crippen LogP contribution in [0.1, 0.15) is 61.6 Å². The molecule has 1 aromatic carbocycles. The van der Waals surface area contributed by atoms with Crippen molar-refractivity contribution >= 4 is 28.0 Å². The van der Waals surface area contributed by atoms with Crippen LogP contribution in [0.4, 0.5) is 4.39 Å². The summed E-state index contributed by atoms with van der Waals surface area (Å²) in [5, 5.41) is 28.1. The van der Waals surface area contributed by atoms with Gasteiger partial charge in [-0.2, -0.15) is 5.10 Å². The molecule has 4 heterocycles. The molecule has 0 unspecified atom stereocenters. The fourth-order valence-electron chi connectivity index (χ4n) is 5.85. The summed E-state index contributed by atoms with van der Waals surface area (Å²) in [6, 6.07) is 8.56. The molecule has 3 N–H and O–H groups in total. The number of hydrogen-bond donors (Lipinski definition) is 3. The van der Waals surface area contributed by atoms with Gasteiger partial charge in [0.2, 0.25) is 0 Å². The van der Waals surface area contributed by atoms with E-state index < -0.39 is 11.6 Å². The lowest BCUT2D eigenvalue weighted by molar-refractivity contribution is -0.162. The number of carbonyl (C=O) groups is 1. The van der Waals surface area contributed by atoms with Gasteiger partial charge in [0.05, 0.1) is 17.2 Å². The maximum atomic E-state index is 13.8. The summed E-state index contributed by atoms with van der Waals surface area (Å²) in [4.78, 5) is 16.6. The molecule has 0 spiro atoms. The number of aromatic nitrogens is 4. The second-order valence-electron chi connectivity index (χ2n) is 9.77. The molecule has 1 saturated heterocycles. The highest BCUT2D eigenvalue weighted by Crippen LogP contribution is 2.47. The van der Waals surface area contributed by atoms with Crippen molar-refractivity contribution in [3.05, 3.63) is 53.6 Å². The SMILES string of the molecule is O=C(O)C1(O)CCC(c2c(C3CCOCC3)n(-c3ccc(F)cc3)c3cc4cn[nH]c4nc23)CC1. The maximum absolute atomic E-state index is 13.8. The molecule has 8 nitrogen and oxygen atoms in total. The first-order chi connectivity index (χ1) is 16.9. The molecule has 9 heteroatoms. The largest absolute Gasteiger partial charge is 0.479 e. The highest BCUT2D eigenvalue weighted by molar-refractivity contribution is 5.93. The van der Waals surface area contributed by atoms with Crippen LogP contribution >= 0.6 is 0 Å². The highest BCUT2D eigenvalue weighted by Gasteiger charge is 2.42. The van der Waals surface area contributed by atoms with Crippen LogP contribution in [0.5, 0.6) is 0 Å². The molecule has 182 valence electrons. The minimum absolute atomic E-state index is 0.0459. The van der Waals surface area contributed by atoms with E-state index in [0.717, 1.165) is 46.2 Å². The van der Waals surface area contributed by atoms with Crippen molar-refractivity contribution in [3.63, 3.8) is 0 Å². The van der Waals surface area contributed by atoms with E-state index in [1.165, 1.54) is 12.1 Å². The molecule has 2 aliphatic rings. The summed E-state index contributed by atoms with van der Waals surface area (Å²) in [6.45, 7) is 1.33. The zero-order valence-electron chi connectivity index (χ0n) is 19.2. The van der Waals surface area contributed by atoms with Crippen molar-refractivity contribution < 1.29 is 24.1 Å².